The summed E-state index contributed by atoms with van der Waals surface area (Å²) >= 11 is 0. The molecule has 2 aromatic rings. The molecule has 0 bridgehead atoms. The Morgan fingerprint density at radius 1 is 0.619 bits per heavy atom. The van der Waals surface area contributed by atoms with Gasteiger partial charge in [-0.1, -0.05) is 31.9 Å². The first-order chi connectivity index (χ1) is 19.9. The summed E-state index contributed by atoms with van der Waals surface area (Å²) in [5, 5.41) is 0. The van der Waals surface area contributed by atoms with Crippen LogP contribution in [-0.2, 0) is 0 Å². The highest BCUT2D eigenvalue weighted by Gasteiger charge is 2.45. The Balaban J connectivity index is 1.13. The van der Waals surface area contributed by atoms with Gasteiger partial charge in [-0.05, 0) is 123 Å². The van der Waals surface area contributed by atoms with Crippen molar-refractivity contribution in [3.05, 3.63) is 59.2 Å². The predicted molar refractivity (Wildman–Crippen MR) is 146 cm³/mol. The van der Waals surface area contributed by atoms with Crippen LogP contribution in [0, 0.1) is 35.3 Å². The average Bonchev–Trinajstić information content (AvgIpc) is 2.94. The fourth-order valence-corrected chi connectivity index (χ4v) is 7.54. The van der Waals surface area contributed by atoms with E-state index in [0.717, 1.165) is 37.0 Å². The predicted octanol–water partition coefficient (Wildman–Crippen LogP) is 10.9. The maximum Gasteiger partial charge on any atom is 0.573 e. The highest BCUT2D eigenvalue weighted by Crippen LogP contribution is 2.46. The molecule has 232 valence electrons. The average molecular weight is 601 g/mol. The molecule has 3 saturated carbocycles. The number of alkyl halides is 5. The molecule has 0 unspecified atom stereocenters. The van der Waals surface area contributed by atoms with Gasteiger partial charge in [0.15, 0.2) is 11.6 Å². The number of hydrogen-bond acceptors (Lipinski definition) is 2. The highest BCUT2D eigenvalue weighted by molar-refractivity contribution is 5.34. The second kappa shape index (κ2) is 12.7. The summed E-state index contributed by atoms with van der Waals surface area (Å²) in [5.74, 6) is -1.94. The highest BCUT2D eigenvalue weighted by atomic mass is 19.4. The van der Waals surface area contributed by atoms with E-state index < -0.39 is 35.8 Å². The zero-order valence-corrected chi connectivity index (χ0v) is 23.9. The lowest BCUT2D eigenvalue weighted by Gasteiger charge is -2.38. The van der Waals surface area contributed by atoms with Crippen LogP contribution in [0.15, 0.2) is 36.4 Å². The van der Waals surface area contributed by atoms with Crippen molar-refractivity contribution in [1.82, 2.24) is 0 Å². The fourth-order valence-electron chi connectivity index (χ4n) is 7.54. The van der Waals surface area contributed by atoms with Crippen LogP contribution < -0.4 is 9.47 Å². The standard InChI is InChI=1S/C33H39F7O2/c1-20-2-4-21(5-3-20)22-10-13-26(14-11-22)32(36,37)41-27-15-16-28(29(34)19-27)24-8-6-23(7-9-24)25-12-17-31(30(35)18-25)42-33(38,39)40/h12,15-24,26H,2-11,13-14H2,1H3. The van der Waals surface area contributed by atoms with Crippen LogP contribution in [-0.4, -0.2) is 12.5 Å². The zero-order valence-electron chi connectivity index (χ0n) is 23.9. The molecule has 0 radical (unpaired) electrons. The van der Waals surface area contributed by atoms with E-state index in [0.29, 0.717) is 61.5 Å². The van der Waals surface area contributed by atoms with Gasteiger partial charge >= 0.3 is 12.5 Å². The lowest BCUT2D eigenvalue weighted by atomic mass is 9.69. The Labute approximate surface area is 243 Å². The van der Waals surface area contributed by atoms with Gasteiger partial charge in [-0.2, -0.15) is 8.78 Å². The van der Waals surface area contributed by atoms with Crippen molar-refractivity contribution in [3.8, 4) is 11.5 Å². The van der Waals surface area contributed by atoms with Gasteiger partial charge in [0.1, 0.15) is 11.6 Å². The van der Waals surface area contributed by atoms with E-state index in [1.807, 2.05) is 0 Å². The lowest BCUT2D eigenvalue weighted by molar-refractivity contribution is -0.275. The van der Waals surface area contributed by atoms with Gasteiger partial charge in [0.2, 0.25) is 0 Å². The van der Waals surface area contributed by atoms with Crippen LogP contribution in [0.5, 0.6) is 11.5 Å². The van der Waals surface area contributed by atoms with E-state index >= 15 is 13.2 Å². The van der Waals surface area contributed by atoms with Crippen LogP contribution in [0.3, 0.4) is 0 Å². The number of rotatable bonds is 7. The van der Waals surface area contributed by atoms with Crippen molar-refractivity contribution in [2.75, 3.05) is 0 Å². The molecule has 0 aliphatic heterocycles. The van der Waals surface area contributed by atoms with Crippen LogP contribution >= 0.6 is 0 Å². The Morgan fingerprint density at radius 2 is 1.21 bits per heavy atom. The van der Waals surface area contributed by atoms with E-state index in [1.54, 1.807) is 0 Å². The molecule has 0 atom stereocenters. The molecule has 0 aromatic heterocycles. The van der Waals surface area contributed by atoms with Crippen molar-refractivity contribution in [3.63, 3.8) is 0 Å². The summed E-state index contributed by atoms with van der Waals surface area (Å²) in [5.41, 5.74) is 0.987. The summed E-state index contributed by atoms with van der Waals surface area (Å²) in [6, 6.07) is 7.41. The third kappa shape index (κ3) is 7.54. The van der Waals surface area contributed by atoms with Crippen LogP contribution in [0.4, 0.5) is 30.7 Å². The first-order valence-corrected chi connectivity index (χ1v) is 15.3. The van der Waals surface area contributed by atoms with Crippen LogP contribution in [0.25, 0.3) is 0 Å². The third-order valence-corrected chi connectivity index (χ3v) is 10.0. The van der Waals surface area contributed by atoms with Crippen LogP contribution in [0.2, 0.25) is 0 Å². The minimum Gasteiger partial charge on any atom is -0.432 e. The Morgan fingerprint density at radius 3 is 1.79 bits per heavy atom. The Bertz CT molecular complexity index is 1190. The SMILES string of the molecule is CC1CCC(C2CCC(C(F)(F)Oc3ccc(C4CCC(c5ccc(OC(F)(F)F)c(F)c5)CC4)c(F)c3)CC2)CC1. The van der Waals surface area contributed by atoms with Crippen LogP contribution in [0.1, 0.15) is 107 Å². The molecule has 3 aliphatic carbocycles. The third-order valence-electron chi connectivity index (χ3n) is 10.0. The van der Waals surface area contributed by atoms with Crippen molar-refractivity contribution < 1.29 is 40.2 Å². The molecule has 0 N–H and O–H groups in total. The molecule has 2 nitrogen and oxygen atoms in total. The van der Waals surface area contributed by atoms with E-state index in [2.05, 4.69) is 11.7 Å². The summed E-state index contributed by atoms with van der Waals surface area (Å²) in [7, 11) is 0. The van der Waals surface area contributed by atoms with E-state index in [9.17, 15) is 17.6 Å². The van der Waals surface area contributed by atoms with Gasteiger partial charge in [0, 0.05) is 6.07 Å². The van der Waals surface area contributed by atoms with Crippen molar-refractivity contribution in [1.29, 1.82) is 0 Å². The summed E-state index contributed by atoms with van der Waals surface area (Å²) < 4.78 is 106. The second-order valence-electron chi connectivity index (χ2n) is 12.8. The van der Waals surface area contributed by atoms with E-state index in [4.69, 9.17) is 4.74 Å². The summed E-state index contributed by atoms with van der Waals surface area (Å²) in [6.45, 7) is 2.28. The topological polar surface area (TPSA) is 18.5 Å². The minimum atomic E-state index is -4.98. The van der Waals surface area contributed by atoms with Crippen molar-refractivity contribution >= 4 is 0 Å². The van der Waals surface area contributed by atoms with Gasteiger partial charge in [0.25, 0.3) is 0 Å². The monoisotopic (exact) mass is 600 g/mol. The molecule has 2 aromatic carbocycles. The fraction of sp³-hybridized carbons (Fsp3) is 0.636. The number of hydrogen-bond donors (Lipinski definition) is 0. The summed E-state index contributed by atoms with van der Waals surface area (Å²) in [4.78, 5) is 0. The molecular formula is C33H39F7O2. The number of halogens is 7. The van der Waals surface area contributed by atoms with Gasteiger partial charge in [-0.25, -0.2) is 8.78 Å². The smallest absolute Gasteiger partial charge is 0.432 e. The van der Waals surface area contributed by atoms with Crippen molar-refractivity contribution in [2.45, 2.75) is 108 Å². The lowest BCUT2D eigenvalue weighted by Crippen LogP contribution is -2.38. The zero-order chi connectivity index (χ0) is 30.1. The molecule has 0 spiro atoms. The molecule has 42 heavy (non-hydrogen) atoms. The maximum absolute atomic E-state index is 15.1. The largest absolute Gasteiger partial charge is 0.573 e. The van der Waals surface area contributed by atoms with Gasteiger partial charge in [-0.3, -0.25) is 0 Å². The normalized spacial score (nSPS) is 29.2. The Hall–Kier alpha value is -2.45. The molecular weight excluding hydrogens is 561 g/mol. The molecule has 3 aliphatic rings. The first kappa shape index (κ1) is 31.0. The second-order valence-corrected chi connectivity index (χ2v) is 12.8. The minimum absolute atomic E-state index is 0.0863. The quantitative estimate of drug-likeness (QED) is 0.294. The van der Waals surface area contributed by atoms with Gasteiger partial charge in [-0.15, -0.1) is 13.2 Å². The van der Waals surface area contributed by atoms with E-state index in [1.165, 1.54) is 43.9 Å². The number of ether oxygens (including phenoxy) is 2. The summed E-state index contributed by atoms with van der Waals surface area (Å²) in [6.07, 6.45) is 1.22. The van der Waals surface area contributed by atoms with Gasteiger partial charge < -0.3 is 9.47 Å². The molecule has 0 heterocycles. The van der Waals surface area contributed by atoms with E-state index in [-0.39, 0.29) is 17.6 Å². The Kier molecular flexibility index (Phi) is 9.33. The van der Waals surface area contributed by atoms with Crippen molar-refractivity contribution in [2.24, 2.45) is 23.7 Å². The molecule has 0 amide bonds. The first-order valence-electron chi connectivity index (χ1n) is 15.3. The number of benzene rings is 2. The van der Waals surface area contributed by atoms with Gasteiger partial charge in [0.05, 0.1) is 5.92 Å². The molecule has 9 heteroatoms. The molecule has 3 fully saturated rings. The molecule has 5 rings (SSSR count). The molecule has 0 saturated heterocycles. The maximum atomic E-state index is 15.1.